The average Bonchev–Trinajstić information content (AvgIpc) is 3.27. The van der Waals surface area contributed by atoms with Crippen molar-refractivity contribution in [3.63, 3.8) is 0 Å². The van der Waals surface area contributed by atoms with E-state index in [0.717, 1.165) is 22.2 Å². The summed E-state index contributed by atoms with van der Waals surface area (Å²) in [5.41, 5.74) is 3.67. The molecule has 0 bridgehead atoms. The number of furan rings is 1. The molecule has 29 heavy (non-hydrogen) atoms. The third-order valence-electron chi connectivity index (χ3n) is 4.47. The van der Waals surface area contributed by atoms with Crippen molar-refractivity contribution in [3.8, 4) is 0 Å². The summed E-state index contributed by atoms with van der Waals surface area (Å²) < 4.78 is 5.10. The van der Waals surface area contributed by atoms with Crippen molar-refractivity contribution in [2.24, 2.45) is 0 Å². The molecule has 0 atom stereocenters. The Labute approximate surface area is 167 Å². The molecule has 4 aromatic rings. The van der Waals surface area contributed by atoms with Gasteiger partial charge < -0.3 is 15.1 Å². The number of carbonyl (C=O) groups is 2. The van der Waals surface area contributed by atoms with E-state index in [1.807, 2.05) is 49.4 Å². The van der Waals surface area contributed by atoms with E-state index in [0.29, 0.717) is 17.8 Å². The molecule has 2 heterocycles. The standard InChI is InChI=1S/C23H19N3O3/c1-15-12-19(18-8-2-3-9-20(18)25-15)22(27)24-14-16-6-4-7-17(13-16)26-23(28)21-10-5-11-29-21/h2-13H,14H2,1H3,(H,24,27)(H,26,28). The first-order valence-electron chi connectivity index (χ1n) is 9.18. The molecule has 0 radical (unpaired) electrons. The maximum absolute atomic E-state index is 12.8. The van der Waals surface area contributed by atoms with Gasteiger partial charge in [0, 0.05) is 23.3 Å². The second kappa shape index (κ2) is 7.98. The van der Waals surface area contributed by atoms with E-state index >= 15 is 0 Å². The van der Waals surface area contributed by atoms with E-state index in [1.165, 1.54) is 6.26 Å². The number of fused-ring (bicyclic) bond motifs is 1. The predicted octanol–water partition coefficient (Wildman–Crippen LogP) is 4.32. The summed E-state index contributed by atoms with van der Waals surface area (Å²) in [6, 6.07) is 19.9. The Kier molecular flexibility index (Phi) is 5.07. The maximum atomic E-state index is 12.8. The first kappa shape index (κ1) is 18.4. The highest BCUT2D eigenvalue weighted by molar-refractivity contribution is 6.06. The van der Waals surface area contributed by atoms with E-state index < -0.39 is 0 Å². The third kappa shape index (κ3) is 4.16. The van der Waals surface area contributed by atoms with Crippen LogP contribution in [0.5, 0.6) is 0 Å². The van der Waals surface area contributed by atoms with Crippen molar-refractivity contribution in [3.05, 3.63) is 95.6 Å². The first-order chi connectivity index (χ1) is 14.1. The summed E-state index contributed by atoms with van der Waals surface area (Å²) in [4.78, 5) is 29.4. The number of hydrogen-bond donors (Lipinski definition) is 2. The number of anilines is 1. The van der Waals surface area contributed by atoms with Crippen LogP contribution in [0.1, 0.15) is 32.2 Å². The molecule has 4 rings (SSSR count). The molecule has 0 unspecified atom stereocenters. The normalized spacial score (nSPS) is 10.7. The number of para-hydroxylation sites is 1. The van der Waals surface area contributed by atoms with Crippen LogP contribution in [-0.2, 0) is 6.54 Å². The van der Waals surface area contributed by atoms with E-state index in [4.69, 9.17) is 4.42 Å². The SMILES string of the molecule is Cc1cc(C(=O)NCc2cccc(NC(=O)c3ccco3)c2)c2ccccc2n1. The molecule has 2 N–H and O–H groups in total. The summed E-state index contributed by atoms with van der Waals surface area (Å²) in [5.74, 6) is -0.254. The molecule has 0 spiro atoms. The molecule has 6 nitrogen and oxygen atoms in total. The van der Waals surface area contributed by atoms with E-state index in [9.17, 15) is 9.59 Å². The molecular weight excluding hydrogens is 366 g/mol. The number of hydrogen-bond acceptors (Lipinski definition) is 4. The van der Waals surface area contributed by atoms with Crippen LogP contribution in [0.2, 0.25) is 0 Å². The van der Waals surface area contributed by atoms with E-state index in [1.54, 1.807) is 24.3 Å². The molecule has 0 aliphatic carbocycles. The van der Waals surface area contributed by atoms with Gasteiger partial charge in [-0.1, -0.05) is 30.3 Å². The molecule has 0 saturated carbocycles. The van der Waals surface area contributed by atoms with Gasteiger partial charge in [-0.25, -0.2) is 0 Å². The summed E-state index contributed by atoms with van der Waals surface area (Å²) in [5, 5.41) is 6.54. The number of benzene rings is 2. The van der Waals surface area contributed by atoms with Gasteiger partial charge in [0.1, 0.15) is 0 Å². The van der Waals surface area contributed by atoms with Gasteiger partial charge in [-0.2, -0.15) is 0 Å². The Hall–Kier alpha value is -3.93. The van der Waals surface area contributed by atoms with Gasteiger partial charge in [0.15, 0.2) is 5.76 Å². The number of nitrogens with zero attached hydrogens (tertiary/aromatic N) is 1. The lowest BCUT2D eigenvalue weighted by Crippen LogP contribution is -2.23. The minimum absolute atomic E-state index is 0.170. The van der Waals surface area contributed by atoms with Crippen molar-refractivity contribution in [2.75, 3.05) is 5.32 Å². The molecule has 0 aliphatic heterocycles. The second-order valence-corrected chi connectivity index (χ2v) is 6.64. The summed E-state index contributed by atoms with van der Waals surface area (Å²) >= 11 is 0. The third-order valence-corrected chi connectivity index (χ3v) is 4.47. The van der Waals surface area contributed by atoms with Gasteiger partial charge in [-0.05, 0) is 48.9 Å². The first-order valence-corrected chi connectivity index (χ1v) is 9.18. The molecule has 0 saturated heterocycles. The van der Waals surface area contributed by atoms with E-state index in [2.05, 4.69) is 15.6 Å². The zero-order chi connectivity index (χ0) is 20.2. The van der Waals surface area contributed by atoms with E-state index in [-0.39, 0.29) is 17.6 Å². The molecule has 0 fully saturated rings. The summed E-state index contributed by atoms with van der Waals surface area (Å²) in [7, 11) is 0. The zero-order valence-corrected chi connectivity index (χ0v) is 15.8. The number of amides is 2. The Balaban J connectivity index is 1.47. The van der Waals surface area contributed by atoms with Crippen LogP contribution < -0.4 is 10.6 Å². The van der Waals surface area contributed by atoms with Crippen molar-refractivity contribution in [2.45, 2.75) is 13.5 Å². The fraction of sp³-hybridized carbons (Fsp3) is 0.0870. The fourth-order valence-corrected chi connectivity index (χ4v) is 3.13. The molecule has 2 aromatic carbocycles. The van der Waals surface area contributed by atoms with Crippen LogP contribution in [0.4, 0.5) is 5.69 Å². The largest absolute Gasteiger partial charge is 0.459 e. The van der Waals surface area contributed by atoms with Crippen molar-refractivity contribution < 1.29 is 14.0 Å². The van der Waals surface area contributed by atoms with Gasteiger partial charge >= 0.3 is 0 Å². The molecule has 6 heteroatoms. The number of aryl methyl sites for hydroxylation is 1. The molecule has 2 amide bonds. The zero-order valence-electron chi connectivity index (χ0n) is 15.8. The van der Waals surface area contributed by atoms with Crippen LogP contribution in [0.25, 0.3) is 10.9 Å². The highest BCUT2D eigenvalue weighted by Crippen LogP contribution is 2.18. The second-order valence-electron chi connectivity index (χ2n) is 6.64. The lowest BCUT2D eigenvalue weighted by molar-refractivity contribution is 0.0951. The minimum atomic E-state index is -0.324. The highest BCUT2D eigenvalue weighted by Gasteiger charge is 2.12. The number of aromatic nitrogens is 1. The smallest absolute Gasteiger partial charge is 0.291 e. The van der Waals surface area contributed by atoms with Crippen LogP contribution in [-0.4, -0.2) is 16.8 Å². The van der Waals surface area contributed by atoms with Crippen molar-refractivity contribution >= 4 is 28.4 Å². The van der Waals surface area contributed by atoms with Gasteiger partial charge in [0.05, 0.1) is 17.3 Å². The number of pyridine rings is 1. The summed E-state index contributed by atoms with van der Waals surface area (Å²) in [6.45, 7) is 2.20. The van der Waals surface area contributed by atoms with Crippen LogP contribution in [0.3, 0.4) is 0 Å². The van der Waals surface area contributed by atoms with Gasteiger partial charge in [0.2, 0.25) is 0 Å². The predicted molar refractivity (Wildman–Crippen MR) is 111 cm³/mol. The topological polar surface area (TPSA) is 84.2 Å². The van der Waals surface area contributed by atoms with Crippen LogP contribution in [0.15, 0.2) is 77.4 Å². The van der Waals surface area contributed by atoms with Crippen molar-refractivity contribution in [1.29, 1.82) is 0 Å². The quantitative estimate of drug-likeness (QED) is 0.536. The minimum Gasteiger partial charge on any atom is -0.459 e. The van der Waals surface area contributed by atoms with Gasteiger partial charge in [-0.3, -0.25) is 14.6 Å². The number of nitrogens with one attached hydrogen (secondary N) is 2. The maximum Gasteiger partial charge on any atom is 0.291 e. The Bertz CT molecular complexity index is 1180. The average molecular weight is 385 g/mol. The van der Waals surface area contributed by atoms with Crippen molar-refractivity contribution in [1.82, 2.24) is 10.3 Å². The molecule has 144 valence electrons. The molecular formula is C23H19N3O3. The monoisotopic (exact) mass is 385 g/mol. The van der Waals surface area contributed by atoms with Gasteiger partial charge in [-0.15, -0.1) is 0 Å². The Morgan fingerprint density at radius 3 is 2.66 bits per heavy atom. The van der Waals surface area contributed by atoms with Crippen LogP contribution >= 0.6 is 0 Å². The highest BCUT2D eigenvalue weighted by atomic mass is 16.3. The lowest BCUT2D eigenvalue weighted by Gasteiger charge is -2.10. The summed E-state index contributed by atoms with van der Waals surface area (Å²) in [6.07, 6.45) is 1.45. The molecule has 0 aliphatic rings. The fourth-order valence-electron chi connectivity index (χ4n) is 3.13. The Morgan fingerprint density at radius 1 is 0.966 bits per heavy atom. The van der Waals surface area contributed by atoms with Gasteiger partial charge in [0.25, 0.3) is 11.8 Å². The Morgan fingerprint density at radius 2 is 1.83 bits per heavy atom. The lowest BCUT2D eigenvalue weighted by atomic mass is 10.1. The number of carbonyl (C=O) groups excluding carboxylic acids is 2. The van der Waals surface area contributed by atoms with Crippen LogP contribution in [0, 0.1) is 6.92 Å². The molecule has 2 aromatic heterocycles. The number of rotatable bonds is 5.